The molecule has 1 aliphatic carbocycles. The average molecular weight is 212 g/mol. The third-order valence-electron chi connectivity index (χ3n) is 3.64. The van der Waals surface area contributed by atoms with Gasteiger partial charge in [-0.2, -0.15) is 0 Å². The first-order chi connectivity index (χ1) is 7.79. The van der Waals surface area contributed by atoms with Crippen molar-refractivity contribution in [2.24, 2.45) is 5.92 Å². The SMILES string of the molecule is Bc1ccc(C2=CCC(CCC)CC2)cc1. The van der Waals surface area contributed by atoms with Crippen molar-refractivity contribution in [3.63, 3.8) is 0 Å². The van der Waals surface area contributed by atoms with Gasteiger partial charge in [0, 0.05) is 0 Å². The first-order valence-corrected chi connectivity index (χ1v) is 6.55. The molecule has 0 aliphatic heterocycles. The molecule has 1 unspecified atom stereocenters. The van der Waals surface area contributed by atoms with Gasteiger partial charge in [-0.25, -0.2) is 0 Å². The van der Waals surface area contributed by atoms with E-state index in [9.17, 15) is 0 Å². The van der Waals surface area contributed by atoms with E-state index in [2.05, 4.69) is 45.1 Å². The molecule has 16 heavy (non-hydrogen) atoms. The Kier molecular flexibility index (Phi) is 3.87. The Bertz CT molecular complexity index is 362. The molecule has 84 valence electrons. The molecule has 0 saturated carbocycles. The molecule has 2 rings (SSSR count). The van der Waals surface area contributed by atoms with Crippen molar-refractivity contribution in [2.75, 3.05) is 0 Å². The number of hydrogen-bond donors (Lipinski definition) is 0. The minimum atomic E-state index is 0.944. The lowest BCUT2D eigenvalue weighted by molar-refractivity contribution is 0.445. The fourth-order valence-electron chi connectivity index (χ4n) is 2.59. The zero-order valence-electron chi connectivity index (χ0n) is 10.5. The lowest BCUT2D eigenvalue weighted by Crippen LogP contribution is -2.06. The van der Waals surface area contributed by atoms with Crippen molar-refractivity contribution in [1.82, 2.24) is 0 Å². The van der Waals surface area contributed by atoms with Gasteiger partial charge < -0.3 is 0 Å². The van der Waals surface area contributed by atoms with Gasteiger partial charge in [0.15, 0.2) is 0 Å². The molecule has 1 aromatic rings. The van der Waals surface area contributed by atoms with E-state index in [0.717, 1.165) is 5.92 Å². The van der Waals surface area contributed by atoms with Gasteiger partial charge in [0.1, 0.15) is 7.85 Å². The van der Waals surface area contributed by atoms with E-state index < -0.39 is 0 Å². The summed E-state index contributed by atoms with van der Waals surface area (Å²) >= 11 is 0. The van der Waals surface area contributed by atoms with E-state index in [0.29, 0.717) is 0 Å². The molecular formula is C15H21B. The minimum absolute atomic E-state index is 0.944. The van der Waals surface area contributed by atoms with Crippen molar-refractivity contribution in [1.29, 1.82) is 0 Å². The van der Waals surface area contributed by atoms with Crippen molar-refractivity contribution >= 4 is 18.9 Å². The van der Waals surface area contributed by atoms with Crippen LogP contribution in [0.3, 0.4) is 0 Å². The van der Waals surface area contributed by atoms with E-state index in [4.69, 9.17) is 0 Å². The Labute approximate surface area is 100 Å². The maximum atomic E-state index is 2.47. The minimum Gasteiger partial charge on any atom is -0.0889 e. The predicted octanol–water partition coefficient (Wildman–Crippen LogP) is 2.93. The van der Waals surface area contributed by atoms with Crippen LogP contribution in [0.2, 0.25) is 0 Å². The Hall–Kier alpha value is -0.975. The second-order valence-corrected chi connectivity index (χ2v) is 5.02. The summed E-state index contributed by atoms with van der Waals surface area (Å²) in [4.78, 5) is 0. The van der Waals surface area contributed by atoms with Crippen LogP contribution in [-0.4, -0.2) is 7.85 Å². The molecule has 0 amide bonds. The Balaban J connectivity index is 2.04. The maximum absolute atomic E-state index is 2.47. The third kappa shape index (κ3) is 2.78. The Morgan fingerprint density at radius 1 is 1.25 bits per heavy atom. The topological polar surface area (TPSA) is 0 Å². The van der Waals surface area contributed by atoms with Gasteiger partial charge in [-0.3, -0.25) is 0 Å². The van der Waals surface area contributed by atoms with E-state index in [-0.39, 0.29) is 0 Å². The number of allylic oxidation sites excluding steroid dienone is 2. The average Bonchev–Trinajstić information content (AvgIpc) is 2.32. The summed E-state index contributed by atoms with van der Waals surface area (Å²) in [6.45, 7) is 2.29. The van der Waals surface area contributed by atoms with Crippen LogP contribution < -0.4 is 5.46 Å². The summed E-state index contributed by atoms with van der Waals surface area (Å²) in [5.74, 6) is 0.944. The molecule has 1 heteroatoms. The summed E-state index contributed by atoms with van der Waals surface area (Å²) in [6, 6.07) is 8.96. The maximum Gasteiger partial charge on any atom is 0.139 e. The van der Waals surface area contributed by atoms with Crippen molar-refractivity contribution in [2.45, 2.75) is 39.0 Å². The highest BCUT2D eigenvalue weighted by atomic mass is 14.2. The highest BCUT2D eigenvalue weighted by Gasteiger charge is 2.14. The molecule has 0 heterocycles. The predicted molar refractivity (Wildman–Crippen MR) is 74.8 cm³/mol. The smallest absolute Gasteiger partial charge is 0.0889 e. The molecule has 0 N–H and O–H groups in total. The first-order valence-electron chi connectivity index (χ1n) is 6.55. The molecule has 0 bridgehead atoms. The van der Waals surface area contributed by atoms with Crippen molar-refractivity contribution in [3.05, 3.63) is 35.9 Å². The van der Waals surface area contributed by atoms with Gasteiger partial charge in [0.2, 0.25) is 0 Å². The van der Waals surface area contributed by atoms with E-state index in [1.54, 1.807) is 5.57 Å². The van der Waals surface area contributed by atoms with Gasteiger partial charge in [0.05, 0.1) is 0 Å². The molecule has 0 radical (unpaired) electrons. The molecule has 0 nitrogen and oxygen atoms in total. The molecule has 1 aromatic carbocycles. The summed E-state index contributed by atoms with van der Waals surface area (Å²) in [5, 5.41) is 0. The van der Waals surface area contributed by atoms with Crippen LogP contribution in [0.25, 0.3) is 5.57 Å². The second kappa shape index (κ2) is 5.38. The van der Waals surface area contributed by atoms with Gasteiger partial charge in [0.25, 0.3) is 0 Å². The standard InChI is InChI=1S/C15H21B/c1-2-3-12-4-6-13(7-5-12)14-8-10-15(16)11-9-14/h6,8-12H,2-5,7,16H2,1H3. The zero-order chi connectivity index (χ0) is 11.4. The lowest BCUT2D eigenvalue weighted by Gasteiger charge is -2.21. The normalized spacial score (nSPS) is 20.6. The Morgan fingerprint density at radius 2 is 2.00 bits per heavy atom. The second-order valence-electron chi connectivity index (χ2n) is 5.02. The molecule has 0 aromatic heterocycles. The first kappa shape index (κ1) is 11.5. The van der Waals surface area contributed by atoms with Crippen molar-refractivity contribution < 1.29 is 0 Å². The van der Waals surface area contributed by atoms with E-state index in [1.165, 1.54) is 43.1 Å². The number of rotatable bonds is 3. The molecule has 0 fully saturated rings. The van der Waals surface area contributed by atoms with Gasteiger partial charge in [-0.15, -0.1) is 0 Å². The monoisotopic (exact) mass is 212 g/mol. The number of benzene rings is 1. The van der Waals surface area contributed by atoms with Crippen LogP contribution in [0, 0.1) is 5.92 Å². The van der Waals surface area contributed by atoms with Gasteiger partial charge in [-0.05, 0) is 36.3 Å². The van der Waals surface area contributed by atoms with Gasteiger partial charge in [-0.1, -0.05) is 55.6 Å². The van der Waals surface area contributed by atoms with Crippen LogP contribution >= 0.6 is 0 Å². The van der Waals surface area contributed by atoms with E-state index >= 15 is 0 Å². The highest BCUT2D eigenvalue weighted by Crippen LogP contribution is 2.31. The van der Waals surface area contributed by atoms with Gasteiger partial charge >= 0.3 is 0 Å². The zero-order valence-corrected chi connectivity index (χ0v) is 10.5. The third-order valence-corrected chi connectivity index (χ3v) is 3.64. The lowest BCUT2D eigenvalue weighted by atomic mass is 9.83. The molecular weight excluding hydrogens is 191 g/mol. The Morgan fingerprint density at radius 3 is 2.56 bits per heavy atom. The highest BCUT2D eigenvalue weighted by molar-refractivity contribution is 6.32. The summed E-state index contributed by atoms with van der Waals surface area (Å²) in [6.07, 6.45) is 9.14. The summed E-state index contributed by atoms with van der Waals surface area (Å²) < 4.78 is 0. The van der Waals surface area contributed by atoms with Crippen LogP contribution in [-0.2, 0) is 0 Å². The largest absolute Gasteiger partial charge is 0.139 e. The summed E-state index contributed by atoms with van der Waals surface area (Å²) in [7, 11) is 2.15. The fourth-order valence-corrected chi connectivity index (χ4v) is 2.59. The molecule has 1 aliphatic rings. The van der Waals surface area contributed by atoms with E-state index in [1.807, 2.05) is 0 Å². The molecule has 0 saturated heterocycles. The fraction of sp³-hybridized carbons (Fsp3) is 0.467. The molecule has 0 spiro atoms. The quantitative estimate of drug-likeness (QED) is 0.676. The number of hydrogen-bond acceptors (Lipinski definition) is 0. The van der Waals surface area contributed by atoms with Crippen LogP contribution in [0.5, 0.6) is 0 Å². The van der Waals surface area contributed by atoms with Crippen LogP contribution in [0.1, 0.15) is 44.6 Å². The summed E-state index contributed by atoms with van der Waals surface area (Å²) in [5.41, 5.74) is 4.34. The van der Waals surface area contributed by atoms with Crippen LogP contribution in [0.4, 0.5) is 0 Å². The molecule has 1 atom stereocenters. The van der Waals surface area contributed by atoms with Crippen LogP contribution in [0.15, 0.2) is 30.3 Å². The van der Waals surface area contributed by atoms with Crippen molar-refractivity contribution in [3.8, 4) is 0 Å².